The van der Waals surface area contributed by atoms with Gasteiger partial charge in [-0.3, -0.25) is 4.79 Å². The smallest absolute Gasteiger partial charge is 0.228 e. The second kappa shape index (κ2) is 4.94. The zero-order chi connectivity index (χ0) is 13.3. The average Bonchev–Trinajstić information content (AvgIpc) is 2.41. The van der Waals surface area contributed by atoms with Gasteiger partial charge in [-0.05, 0) is 30.4 Å². The van der Waals surface area contributed by atoms with Gasteiger partial charge in [0.15, 0.2) is 0 Å². The molecule has 1 aliphatic carbocycles. The number of benzene rings is 1. The third-order valence-electron chi connectivity index (χ3n) is 4.31. The number of ether oxygens (including phenoxy) is 1. The van der Waals surface area contributed by atoms with Crippen LogP contribution >= 0.6 is 0 Å². The summed E-state index contributed by atoms with van der Waals surface area (Å²) in [4.78, 5) is 12.4. The lowest BCUT2D eigenvalue weighted by molar-refractivity contribution is -0.127. The van der Waals surface area contributed by atoms with Crippen LogP contribution in [-0.4, -0.2) is 36.4 Å². The Morgan fingerprint density at radius 1 is 1.37 bits per heavy atom. The van der Waals surface area contributed by atoms with Crippen molar-refractivity contribution in [3.63, 3.8) is 0 Å². The van der Waals surface area contributed by atoms with Crippen LogP contribution in [0.3, 0.4) is 0 Å². The Bertz CT molecular complexity index is 480. The molecule has 0 saturated carbocycles. The molecule has 1 heterocycles. The summed E-state index contributed by atoms with van der Waals surface area (Å²) >= 11 is 0. The molecule has 4 nitrogen and oxygen atoms in total. The van der Waals surface area contributed by atoms with Crippen molar-refractivity contribution in [1.29, 1.82) is 0 Å². The number of aliphatic hydroxyl groups is 1. The standard InChI is InChI=1S/C15H19NO3/c17-10-15(5-7-19-8-6-15)16-14(18)13-9-11-3-1-2-4-12(11)13/h1-4,13,17H,5-10H2,(H,16,18). The highest BCUT2D eigenvalue weighted by molar-refractivity contribution is 5.87. The summed E-state index contributed by atoms with van der Waals surface area (Å²) in [5.74, 6) is -0.0166. The molecule has 4 heteroatoms. The lowest BCUT2D eigenvalue weighted by Gasteiger charge is -2.39. The van der Waals surface area contributed by atoms with E-state index in [0.29, 0.717) is 26.1 Å². The van der Waals surface area contributed by atoms with Crippen molar-refractivity contribution in [2.24, 2.45) is 0 Å². The minimum Gasteiger partial charge on any atom is -0.394 e. The molecule has 0 aromatic heterocycles. The fraction of sp³-hybridized carbons (Fsp3) is 0.533. The Balaban J connectivity index is 1.69. The minimum absolute atomic E-state index is 0.0174. The highest BCUT2D eigenvalue weighted by Crippen LogP contribution is 2.35. The van der Waals surface area contributed by atoms with Gasteiger partial charge in [0.1, 0.15) is 0 Å². The van der Waals surface area contributed by atoms with E-state index < -0.39 is 5.54 Å². The first-order valence-electron chi connectivity index (χ1n) is 6.82. The molecule has 1 fully saturated rings. The number of amides is 1. The first-order chi connectivity index (χ1) is 9.24. The van der Waals surface area contributed by atoms with Gasteiger partial charge in [-0.2, -0.15) is 0 Å². The molecule has 1 atom stereocenters. The zero-order valence-corrected chi connectivity index (χ0v) is 10.9. The molecule has 102 valence electrons. The maximum absolute atomic E-state index is 12.4. The van der Waals surface area contributed by atoms with Crippen molar-refractivity contribution in [2.75, 3.05) is 19.8 Å². The second-order valence-corrected chi connectivity index (χ2v) is 5.50. The van der Waals surface area contributed by atoms with Gasteiger partial charge in [-0.15, -0.1) is 0 Å². The SMILES string of the molecule is O=C(NC1(CO)CCOCC1)C1Cc2ccccc21. The summed E-state index contributed by atoms with van der Waals surface area (Å²) < 4.78 is 5.30. The predicted molar refractivity (Wildman–Crippen MR) is 70.9 cm³/mol. The molecule has 1 amide bonds. The largest absolute Gasteiger partial charge is 0.394 e. The van der Waals surface area contributed by atoms with Crippen LogP contribution in [0.15, 0.2) is 24.3 Å². The van der Waals surface area contributed by atoms with E-state index in [1.807, 2.05) is 18.2 Å². The first kappa shape index (κ1) is 12.6. The molecule has 1 aliphatic heterocycles. The summed E-state index contributed by atoms with van der Waals surface area (Å²) in [7, 11) is 0. The van der Waals surface area contributed by atoms with E-state index in [-0.39, 0.29) is 18.4 Å². The number of rotatable bonds is 3. The first-order valence-corrected chi connectivity index (χ1v) is 6.82. The lowest BCUT2D eigenvalue weighted by atomic mass is 9.76. The molecule has 2 N–H and O–H groups in total. The fourth-order valence-electron chi connectivity index (χ4n) is 2.93. The zero-order valence-electron chi connectivity index (χ0n) is 10.9. The molecule has 0 bridgehead atoms. The van der Waals surface area contributed by atoms with Gasteiger partial charge in [0.25, 0.3) is 0 Å². The molecular formula is C15H19NO3. The molecular weight excluding hydrogens is 242 g/mol. The van der Waals surface area contributed by atoms with Gasteiger partial charge in [0.05, 0.1) is 18.1 Å². The maximum Gasteiger partial charge on any atom is 0.228 e. The van der Waals surface area contributed by atoms with E-state index in [0.717, 1.165) is 12.0 Å². The van der Waals surface area contributed by atoms with E-state index in [1.54, 1.807) is 0 Å². The molecule has 1 saturated heterocycles. The Labute approximate surface area is 112 Å². The average molecular weight is 261 g/mol. The van der Waals surface area contributed by atoms with Crippen LogP contribution in [0.5, 0.6) is 0 Å². The fourth-order valence-corrected chi connectivity index (χ4v) is 2.93. The van der Waals surface area contributed by atoms with Gasteiger partial charge < -0.3 is 15.2 Å². The van der Waals surface area contributed by atoms with Gasteiger partial charge in [0, 0.05) is 13.2 Å². The monoisotopic (exact) mass is 261 g/mol. The van der Waals surface area contributed by atoms with Gasteiger partial charge >= 0.3 is 0 Å². The quantitative estimate of drug-likeness (QED) is 0.853. The number of fused-ring (bicyclic) bond motifs is 1. The topological polar surface area (TPSA) is 58.6 Å². The van der Waals surface area contributed by atoms with Crippen molar-refractivity contribution in [3.8, 4) is 0 Å². The number of aliphatic hydroxyl groups excluding tert-OH is 1. The predicted octanol–water partition coefficient (Wildman–Crippen LogP) is 0.984. The Hall–Kier alpha value is -1.39. The Morgan fingerprint density at radius 3 is 2.79 bits per heavy atom. The number of hydrogen-bond acceptors (Lipinski definition) is 3. The molecule has 1 unspecified atom stereocenters. The van der Waals surface area contributed by atoms with Crippen LogP contribution < -0.4 is 5.32 Å². The third-order valence-corrected chi connectivity index (χ3v) is 4.31. The summed E-state index contributed by atoms with van der Waals surface area (Å²) in [5, 5.41) is 12.6. The van der Waals surface area contributed by atoms with Crippen LogP contribution in [0.2, 0.25) is 0 Å². The normalized spacial score (nSPS) is 24.2. The van der Waals surface area contributed by atoms with Crippen molar-refractivity contribution >= 4 is 5.91 Å². The van der Waals surface area contributed by atoms with Crippen molar-refractivity contribution in [1.82, 2.24) is 5.32 Å². The summed E-state index contributed by atoms with van der Waals surface area (Å²) in [6.07, 6.45) is 2.17. The summed E-state index contributed by atoms with van der Waals surface area (Å²) in [6.45, 7) is 1.18. The number of carbonyl (C=O) groups excluding carboxylic acids is 1. The second-order valence-electron chi connectivity index (χ2n) is 5.50. The van der Waals surface area contributed by atoms with Crippen molar-refractivity contribution < 1.29 is 14.6 Å². The molecule has 19 heavy (non-hydrogen) atoms. The Morgan fingerprint density at radius 2 is 2.11 bits per heavy atom. The molecule has 3 rings (SSSR count). The van der Waals surface area contributed by atoms with Crippen LogP contribution in [0.25, 0.3) is 0 Å². The molecule has 1 aromatic carbocycles. The van der Waals surface area contributed by atoms with Gasteiger partial charge in [-0.25, -0.2) is 0 Å². The molecule has 0 radical (unpaired) electrons. The van der Waals surface area contributed by atoms with E-state index >= 15 is 0 Å². The molecule has 2 aliphatic rings. The van der Waals surface area contributed by atoms with Crippen LogP contribution in [0, 0.1) is 0 Å². The summed E-state index contributed by atoms with van der Waals surface area (Å²) in [5.41, 5.74) is 1.90. The number of nitrogens with one attached hydrogen (secondary N) is 1. The van der Waals surface area contributed by atoms with Gasteiger partial charge in [0.2, 0.25) is 5.91 Å². The van der Waals surface area contributed by atoms with Crippen LogP contribution in [0.4, 0.5) is 0 Å². The van der Waals surface area contributed by atoms with E-state index in [4.69, 9.17) is 4.74 Å². The van der Waals surface area contributed by atoms with Crippen molar-refractivity contribution in [3.05, 3.63) is 35.4 Å². The summed E-state index contributed by atoms with van der Waals surface area (Å²) in [6, 6.07) is 8.04. The maximum atomic E-state index is 12.4. The third kappa shape index (κ3) is 2.26. The highest BCUT2D eigenvalue weighted by atomic mass is 16.5. The van der Waals surface area contributed by atoms with Gasteiger partial charge in [-0.1, -0.05) is 24.3 Å². The number of hydrogen-bond donors (Lipinski definition) is 2. The highest BCUT2D eigenvalue weighted by Gasteiger charge is 2.38. The van der Waals surface area contributed by atoms with Crippen molar-refractivity contribution in [2.45, 2.75) is 30.7 Å². The molecule has 1 aromatic rings. The minimum atomic E-state index is -0.486. The Kier molecular flexibility index (Phi) is 3.29. The number of carbonyl (C=O) groups is 1. The van der Waals surface area contributed by atoms with E-state index in [9.17, 15) is 9.90 Å². The lowest BCUT2D eigenvalue weighted by Crippen LogP contribution is -2.56. The van der Waals surface area contributed by atoms with Crippen LogP contribution in [0.1, 0.15) is 29.9 Å². The van der Waals surface area contributed by atoms with E-state index in [1.165, 1.54) is 5.56 Å². The van der Waals surface area contributed by atoms with Crippen LogP contribution in [-0.2, 0) is 16.0 Å². The molecule has 0 spiro atoms. The van der Waals surface area contributed by atoms with E-state index in [2.05, 4.69) is 11.4 Å².